The van der Waals surface area contributed by atoms with Gasteiger partial charge in [0, 0.05) is 27.8 Å². The number of aryl methyl sites for hydroxylation is 1. The zero-order valence-corrected chi connectivity index (χ0v) is 12.7. The number of nitrogens with one attached hydrogen (secondary N) is 1. The third kappa shape index (κ3) is 4.21. The van der Waals surface area contributed by atoms with Gasteiger partial charge in [-0.05, 0) is 37.9 Å². The fourth-order valence-electron chi connectivity index (χ4n) is 2.14. The molecule has 2 nitrogen and oxygen atoms in total. The number of benzene rings is 1. The Kier molecular flexibility index (Phi) is 6.58. The van der Waals surface area contributed by atoms with Gasteiger partial charge in [0.1, 0.15) is 0 Å². The van der Waals surface area contributed by atoms with Gasteiger partial charge in [0.25, 0.3) is 0 Å². The van der Waals surface area contributed by atoms with Gasteiger partial charge in [0.2, 0.25) is 0 Å². The topological polar surface area (TPSA) is 29.1 Å². The molecule has 1 rings (SSSR count). The van der Waals surface area contributed by atoms with Crippen LogP contribution in [0.3, 0.4) is 0 Å². The van der Waals surface area contributed by atoms with Crippen molar-refractivity contribution in [3.8, 4) is 0 Å². The maximum Gasteiger partial charge on any atom is 0.0491 e. The molecule has 102 valence electrons. The van der Waals surface area contributed by atoms with Crippen molar-refractivity contribution in [1.82, 2.24) is 5.32 Å². The molecule has 0 bridgehead atoms. The van der Waals surface area contributed by atoms with Crippen LogP contribution in [-0.2, 0) is 16.6 Å². The Bertz CT molecular complexity index is 392. The van der Waals surface area contributed by atoms with E-state index in [2.05, 4.69) is 45.1 Å². The van der Waals surface area contributed by atoms with E-state index in [1.165, 1.54) is 11.1 Å². The Morgan fingerprint density at radius 3 is 2.50 bits per heavy atom. The van der Waals surface area contributed by atoms with Crippen molar-refractivity contribution < 1.29 is 4.21 Å². The second kappa shape index (κ2) is 7.70. The van der Waals surface area contributed by atoms with Crippen LogP contribution in [-0.4, -0.2) is 22.0 Å². The summed E-state index contributed by atoms with van der Waals surface area (Å²) in [4.78, 5) is 0. The highest BCUT2D eigenvalue weighted by Gasteiger charge is 2.20. The molecular formula is C15H25NOS. The van der Waals surface area contributed by atoms with E-state index < -0.39 is 10.8 Å². The molecule has 0 heterocycles. The molecule has 0 aliphatic heterocycles. The predicted molar refractivity (Wildman–Crippen MR) is 80.2 cm³/mol. The summed E-state index contributed by atoms with van der Waals surface area (Å²) in [5, 5.41) is 3.61. The summed E-state index contributed by atoms with van der Waals surface area (Å²) in [7, 11) is -0.820. The van der Waals surface area contributed by atoms with E-state index in [4.69, 9.17) is 0 Å². The Balaban J connectivity index is 2.67. The summed E-state index contributed by atoms with van der Waals surface area (Å²) in [6, 6.07) is 8.55. The third-order valence-corrected chi connectivity index (χ3v) is 5.20. The van der Waals surface area contributed by atoms with Crippen molar-refractivity contribution in [2.75, 3.05) is 6.54 Å². The van der Waals surface area contributed by atoms with Gasteiger partial charge in [-0.1, -0.05) is 38.1 Å². The number of hydrogen-bond acceptors (Lipinski definition) is 2. The zero-order chi connectivity index (χ0) is 13.5. The first-order valence-corrected chi connectivity index (χ1v) is 8.13. The molecular weight excluding hydrogens is 242 g/mol. The first-order chi connectivity index (χ1) is 8.60. The van der Waals surface area contributed by atoms with Gasteiger partial charge in [-0.15, -0.1) is 0 Å². The van der Waals surface area contributed by atoms with Crippen LogP contribution in [0.1, 0.15) is 38.3 Å². The minimum atomic E-state index is -0.820. The molecule has 0 fully saturated rings. The largest absolute Gasteiger partial charge is 0.313 e. The fourth-order valence-corrected chi connectivity index (χ4v) is 3.69. The number of rotatable bonds is 7. The second-order valence-electron chi connectivity index (χ2n) is 4.73. The van der Waals surface area contributed by atoms with Crippen LogP contribution in [0.2, 0.25) is 0 Å². The Morgan fingerprint density at radius 2 is 1.94 bits per heavy atom. The van der Waals surface area contributed by atoms with Crippen molar-refractivity contribution in [2.45, 2.75) is 51.2 Å². The van der Waals surface area contributed by atoms with Crippen molar-refractivity contribution in [3.63, 3.8) is 0 Å². The second-order valence-corrected chi connectivity index (χ2v) is 6.52. The van der Waals surface area contributed by atoms with Crippen molar-refractivity contribution in [3.05, 3.63) is 35.4 Å². The van der Waals surface area contributed by atoms with Crippen LogP contribution in [0.15, 0.2) is 24.3 Å². The third-order valence-electron chi connectivity index (χ3n) is 3.45. The summed E-state index contributed by atoms with van der Waals surface area (Å²) in [5.41, 5.74) is 2.43. The van der Waals surface area contributed by atoms with Crippen LogP contribution in [0.5, 0.6) is 0 Å². The lowest BCUT2D eigenvalue weighted by atomic mass is 10.1. The van der Waals surface area contributed by atoms with E-state index in [1.54, 1.807) is 0 Å². The van der Waals surface area contributed by atoms with Gasteiger partial charge < -0.3 is 5.32 Å². The normalized spacial score (nSPS) is 16.2. The van der Waals surface area contributed by atoms with Gasteiger partial charge in [-0.3, -0.25) is 4.21 Å². The van der Waals surface area contributed by atoms with E-state index in [0.29, 0.717) is 11.8 Å². The highest BCUT2D eigenvalue weighted by molar-refractivity contribution is 7.84. The predicted octanol–water partition coefficient (Wildman–Crippen LogP) is 3.02. The summed E-state index contributed by atoms with van der Waals surface area (Å²) in [5.74, 6) is 0.662. The molecule has 0 aromatic heterocycles. The lowest BCUT2D eigenvalue weighted by molar-refractivity contribution is 0.500. The molecule has 1 N–H and O–H groups in total. The van der Waals surface area contributed by atoms with Gasteiger partial charge in [-0.25, -0.2) is 0 Å². The Morgan fingerprint density at radius 1 is 1.28 bits per heavy atom. The standard InChI is InChI=1S/C15H25NOS/c1-5-15(16-6-2)13(4)18(17)11-14-10-8-7-9-12(14)3/h7-10,13,15-16H,5-6,11H2,1-4H3. The minimum absolute atomic E-state index is 0.189. The van der Waals surface area contributed by atoms with E-state index in [0.717, 1.165) is 13.0 Å². The van der Waals surface area contributed by atoms with Crippen LogP contribution in [0, 0.1) is 6.92 Å². The highest BCUT2D eigenvalue weighted by Crippen LogP contribution is 2.14. The zero-order valence-electron chi connectivity index (χ0n) is 11.9. The first kappa shape index (κ1) is 15.4. The molecule has 0 aliphatic carbocycles. The highest BCUT2D eigenvalue weighted by atomic mass is 32.2. The minimum Gasteiger partial charge on any atom is -0.313 e. The van der Waals surface area contributed by atoms with E-state index in [-0.39, 0.29) is 5.25 Å². The molecule has 0 aliphatic rings. The van der Waals surface area contributed by atoms with E-state index in [1.807, 2.05) is 12.1 Å². The molecule has 18 heavy (non-hydrogen) atoms. The van der Waals surface area contributed by atoms with E-state index >= 15 is 0 Å². The molecule has 0 saturated heterocycles. The fraction of sp³-hybridized carbons (Fsp3) is 0.600. The molecule has 3 heteroatoms. The van der Waals surface area contributed by atoms with Gasteiger partial charge in [0.15, 0.2) is 0 Å². The van der Waals surface area contributed by atoms with Crippen molar-refractivity contribution in [2.24, 2.45) is 0 Å². The van der Waals surface area contributed by atoms with Crippen molar-refractivity contribution in [1.29, 1.82) is 0 Å². The molecule has 0 radical (unpaired) electrons. The first-order valence-electron chi connectivity index (χ1n) is 6.75. The Hall–Kier alpha value is -0.670. The van der Waals surface area contributed by atoms with Crippen molar-refractivity contribution >= 4 is 10.8 Å². The van der Waals surface area contributed by atoms with Gasteiger partial charge in [0.05, 0.1) is 0 Å². The molecule has 1 aromatic carbocycles. The molecule has 3 unspecified atom stereocenters. The lowest BCUT2D eigenvalue weighted by Crippen LogP contribution is -2.40. The lowest BCUT2D eigenvalue weighted by Gasteiger charge is -2.23. The van der Waals surface area contributed by atoms with Gasteiger partial charge >= 0.3 is 0 Å². The molecule has 0 saturated carbocycles. The van der Waals surface area contributed by atoms with E-state index in [9.17, 15) is 4.21 Å². The summed E-state index contributed by atoms with van der Waals surface area (Å²) in [6.07, 6.45) is 1.02. The van der Waals surface area contributed by atoms with Crippen LogP contribution in [0.4, 0.5) is 0 Å². The van der Waals surface area contributed by atoms with Gasteiger partial charge in [-0.2, -0.15) is 0 Å². The monoisotopic (exact) mass is 267 g/mol. The maximum atomic E-state index is 12.4. The summed E-state index contributed by atoms with van der Waals surface area (Å²) >= 11 is 0. The average Bonchev–Trinajstić information content (AvgIpc) is 2.37. The molecule has 1 aromatic rings. The SMILES string of the molecule is CCNC(CC)C(C)S(=O)Cc1ccccc1C. The maximum absolute atomic E-state index is 12.4. The average molecular weight is 267 g/mol. The number of hydrogen-bond donors (Lipinski definition) is 1. The smallest absolute Gasteiger partial charge is 0.0491 e. The van der Waals surface area contributed by atoms with Crippen LogP contribution >= 0.6 is 0 Å². The molecule has 0 amide bonds. The Labute approximate surface area is 114 Å². The van der Waals surface area contributed by atoms with Crippen LogP contribution < -0.4 is 5.32 Å². The molecule has 0 spiro atoms. The summed E-state index contributed by atoms with van der Waals surface area (Å²) in [6.45, 7) is 9.35. The molecule has 3 atom stereocenters. The quantitative estimate of drug-likeness (QED) is 0.823. The van der Waals surface area contributed by atoms with Crippen LogP contribution in [0.25, 0.3) is 0 Å². The summed E-state index contributed by atoms with van der Waals surface area (Å²) < 4.78 is 12.4.